The van der Waals surface area contributed by atoms with Crippen molar-refractivity contribution in [3.63, 3.8) is 0 Å². The summed E-state index contributed by atoms with van der Waals surface area (Å²) in [5.41, 5.74) is 1.24. The smallest absolute Gasteiger partial charge is 0.126 e. The van der Waals surface area contributed by atoms with Gasteiger partial charge in [0.15, 0.2) is 0 Å². The SMILES string of the molecule is COc1ccc([C@H](C)C(C)C)c(OC)c1. The van der Waals surface area contributed by atoms with E-state index in [2.05, 4.69) is 26.8 Å². The molecule has 1 aromatic rings. The molecular weight excluding hydrogens is 188 g/mol. The Balaban J connectivity index is 3.07. The Morgan fingerprint density at radius 2 is 1.67 bits per heavy atom. The largest absolute Gasteiger partial charge is 0.497 e. The summed E-state index contributed by atoms with van der Waals surface area (Å²) in [5, 5.41) is 0. The van der Waals surface area contributed by atoms with Gasteiger partial charge >= 0.3 is 0 Å². The van der Waals surface area contributed by atoms with Crippen LogP contribution in [0.2, 0.25) is 0 Å². The molecule has 0 bridgehead atoms. The molecule has 0 heterocycles. The van der Waals surface area contributed by atoms with Crippen molar-refractivity contribution in [2.75, 3.05) is 14.2 Å². The summed E-state index contributed by atoms with van der Waals surface area (Å²) in [7, 11) is 3.37. The van der Waals surface area contributed by atoms with Crippen LogP contribution in [0.5, 0.6) is 11.5 Å². The number of ether oxygens (including phenoxy) is 2. The highest BCUT2D eigenvalue weighted by Crippen LogP contribution is 2.33. The third-order valence-corrected chi connectivity index (χ3v) is 2.93. The lowest BCUT2D eigenvalue weighted by atomic mass is 9.89. The van der Waals surface area contributed by atoms with Gasteiger partial charge in [0.1, 0.15) is 11.5 Å². The molecule has 2 heteroatoms. The fourth-order valence-corrected chi connectivity index (χ4v) is 1.55. The number of benzene rings is 1. The van der Waals surface area contributed by atoms with E-state index in [1.165, 1.54) is 5.56 Å². The number of hydrogen-bond acceptors (Lipinski definition) is 2. The van der Waals surface area contributed by atoms with Crippen LogP contribution in [0.4, 0.5) is 0 Å². The molecule has 0 amide bonds. The van der Waals surface area contributed by atoms with Crippen molar-refractivity contribution in [1.29, 1.82) is 0 Å². The minimum Gasteiger partial charge on any atom is -0.497 e. The maximum atomic E-state index is 5.38. The van der Waals surface area contributed by atoms with Gasteiger partial charge in [-0.3, -0.25) is 0 Å². The minimum atomic E-state index is 0.492. The highest BCUT2D eigenvalue weighted by molar-refractivity contribution is 5.42. The van der Waals surface area contributed by atoms with Gasteiger partial charge < -0.3 is 9.47 Å². The second-order valence-corrected chi connectivity index (χ2v) is 4.14. The first-order valence-corrected chi connectivity index (χ1v) is 5.32. The monoisotopic (exact) mass is 208 g/mol. The molecule has 0 saturated carbocycles. The van der Waals surface area contributed by atoms with Crippen LogP contribution in [-0.4, -0.2) is 14.2 Å². The highest BCUT2D eigenvalue weighted by atomic mass is 16.5. The second kappa shape index (κ2) is 5.06. The van der Waals surface area contributed by atoms with Crippen molar-refractivity contribution < 1.29 is 9.47 Å². The van der Waals surface area contributed by atoms with E-state index in [9.17, 15) is 0 Å². The van der Waals surface area contributed by atoms with Gasteiger partial charge in [-0.05, 0) is 23.5 Å². The Labute approximate surface area is 92.2 Å². The van der Waals surface area contributed by atoms with Gasteiger partial charge in [0, 0.05) is 6.07 Å². The first-order valence-electron chi connectivity index (χ1n) is 5.32. The van der Waals surface area contributed by atoms with Crippen molar-refractivity contribution in [1.82, 2.24) is 0 Å². The Hall–Kier alpha value is -1.18. The lowest BCUT2D eigenvalue weighted by Gasteiger charge is -2.19. The molecule has 0 radical (unpaired) electrons. The van der Waals surface area contributed by atoms with Gasteiger partial charge in [0.05, 0.1) is 14.2 Å². The van der Waals surface area contributed by atoms with Crippen LogP contribution >= 0.6 is 0 Å². The van der Waals surface area contributed by atoms with Crippen LogP contribution in [0.15, 0.2) is 18.2 Å². The molecule has 0 fully saturated rings. The number of rotatable bonds is 4. The molecule has 0 unspecified atom stereocenters. The van der Waals surface area contributed by atoms with E-state index >= 15 is 0 Å². The predicted octanol–water partition coefficient (Wildman–Crippen LogP) is 3.46. The molecule has 0 spiro atoms. The van der Waals surface area contributed by atoms with Crippen LogP contribution in [0.1, 0.15) is 32.3 Å². The summed E-state index contributed by atoms with van der Waals surface area (Å²) >= 11 is 0. The average Bonchev–Trinajstić information content (AvgIpc) is 2.27. The van der Waals surface area contributed by atoms with Gasteiger partial charge in [-0.1, -0.05) is 26.8 Å². The van der Waals surface area contributed by atoms with E-state index in [1.54, 1.807) is 14.2 Å². The van der Waals surface area contributed by atoms with Gasteiger partial charge in [0.2, 0.25) is 0 Å². The lowest BCUT2D eigenvalue weighted by molar-refractivity contribution is 0.384. The molecule has 1 aromatic carbocycles. The zero-order chi connectivity index (χ0) is 11.4. The minimum absolute atomic E-state index is 0.492. The molecule has 1 rings (SSSR count). The van der Waals surface area contributed by atoms with Crippen molar-refractivity contribution in [3.05, 3.63) is 23.8 Å². The van der Waals surface area contributed by atoms with Crippen LogP contribution < -0.4 is 9.47 Å². The highest BCUT2D eigenvalue weighted by Gasteiger charge is 2.15. The van der Waals surface area contributed by atoms with E-state index in [4.69, 9.17) is 9.47 Å². The molecule has 2 nitrogen and oxygen atoms in total. The summed E-state index contributed by atoms with van der Waals surface area (Å²) in [6, 6.07) is 6.01. The zero-order valence-electron chi connectivity index (χ0n) is 10.2. The van der Waals surface area contributed by atoms with Crippen molar-refractivity contribution >= 4 is 0 Å². The van der Waals surface area contributed by atoms with E-state index in [-0.39, 0.29) is 0 Å². The second-order valence-electron chi connectivity index (χ2n) is 4.14. The van der Waals surface area contributed by atoms with Crippen LogP contribution in [0.3, 0.4) is 0 Å². The normalized spacial score (nSPS) is 12.7. The van der Waals surface area contributed by atoms with E-state index < -0.39 is 0 Å². The van der Waals surface area contributed by atoms with Crippen molar-refractivity contribution in [3.8, 4) is 11.5 Å². The fraction of sp³-hybridized carbons (Fsp3) is 0.538. The Morgan fingerprint density at radius 3 is 2.13 bits per heavy atom. The lowest BCUT2D eigenvalue weighted by Crippen LogP contribution is -2.04. The molecule has 0 saturated heterocycles. The van der Waals surface area contributed by atoms with Gasteiger partial charge in [-0.25, -0.2) is 0 Å². The predicted molar refractivity (Wildman–Crippen MR) is 62.8 cm³/mol. The van der Waals surface area contributed by atoms with E-state index in [1.807, 2.05) is 12.1 Å². The van der Waals surface area contributed by atoms with Gasteiger partial charge in [-0.15, -0.1) is 0 Å². The topological polar surface area (TPSA) is 18.5 Å². The maximum Gasteiger partial charge on any atom is 0.126 e. The number of methoxy groups -OCH3 is 2. The quantitative estimate of drug-likeness (QED) is 0.754. The molecule has 0 N–H and O–H groups in total. The Kier molecular flexibility index (Phi) is 4.01. The van der Waals surface area contributed by atoms with E-state index in [0.717, 1.165) is 11.5 Å². The van der Waals surface area contributed by atoms with Crippen LogP contribution in [0.25, 0.3) is 0 Å². The summed E-state index contributed by atoms with van der Waals surface area (Å²) in [6.45, 7) is 6.65. The van der Waals surface area contributed by atoms with E-state index in [0.29, 0.717) is 11.8 Å². The number of hydrogen-bond donors (Lipinski definition) is 0. The fourth-order valence-electron chi connectivity index (χ4n) is 1.55. The Morgan fingerprint density at radius 1 is 1.00 bits per heavy atom. The summed E-state index contributed by atoms with van der Waals surface area (Å²) < 4.78 is 10.6. The van der Waals surface area contributed by atoms with Crippen LogP contribution in [-0.2, 0) is 0 Å². The summed E-state index contributed by atoms with van der Waals surface area (Å²) in [6.07, 6.45) is 0. The molecule has 84 valence electrons. The van der Waals surface area contributed by atoms with Crippen molar-refractivity contribution in [2.24, 2.45) is 5.92 Å². The molecule has 0 aliphatic carbocycles. The molecule has 0 aliphatic heterocycles. The molecule has 1 atom stereocenters. The van der Waals surface area contributed by atoms with Gasteiger partial charge in [-0.2, -0.15) is 0 Å². The van der Waals surface area contributed by atoms with Crippen LogP contribution in [0, 0.1) is 5.92 Å². The first-order chi connectivity index (χ1) is 7.10. The molecule has 0 aromatic heterocycles. The maximum absolute atomic E-state index is 5.38. The van der Waals surface area contributed by atoms with Crippen molar-refractivity contribution in [2.45, 2.75) is 26.7 Å². The Bertz CT molecular complexity index is 318. The zero-order valence-corrected chi connectivity index (χ0v) is 10.2. The third kappa shape index (κ3) is 2.65. The first kappa shape index (κ1) is 11.9. The molecular formula is C13H20O2. The standard InChI is InChI=1S/C13H20O2/c1-9(2)10(3)12-7-6-11(14-4)8-13(12)15-5/h6-10H,1-5H3/t10-/m1/s1. The average molecular weight is 208 g/mol. The summed E-state index contributed by atoms with van der Waals surface area (Å²) in [5.74, 6) is 2.85. The summed E-state index contributed by atoms with van der Waals surface area (Å²) in [4.78, 5) is 0. The third-order valence-electron chi connectivity index (χ3n) is 2.93. The van der Waals surface area contributed by atoms with Gasteiger partial charge in [0.25, 0.3) is 0 Å². The molecule has 0 aliphatic rings. The molecule has 15 heavy (non-hydrogen) atoms.